The number of benzene rings is 3. The zero-order valence-electron chi connectivity index (χ0n) is 22.5. The molecule has 3 aromatic rings. The lowest BCUT2D eigenvalue weighted by Gasteiger charge is -2.60. The highest BCUT2D eigenvalue weighted by Crippen LogP contribution is 2.65. The molecule has 39 heavy (non-hydrogen) atoms. The Morgan fingerprint density at radius 1 is 0.846 bits per heavy atom. The molecule has 4 heteroatoms. The molecular weight excluding hydrogens is 484 g/mol. The second kappa shape index (κ2) is 9.92. The molecule has 0 heterocycles. The Morgan fingerprint density at radius 3 is 1.95 bits per heavy atom. The molecule has 3 atom stereocenters. The third kappa shape index (κ3) is 4.01. The molecule has 2 saturated carbocycles. The molecule has 2 aliphatic carbocycles. The normalized spacial score (nSPS) is 27.2. The first-order valence-electron chi connectivity index (χ1n) is 13.5. The summed E-state index contributed by atoms with van der Waals surface area (Å²) >= 11 is 0. The van der Waals surface area contributed by atoms with Crippen LogP contribution in [0.3, 0.4) is 0 Å². The van der Waals surface area contributed by atoms with Gasteiger partial charge < -0.3 is 5.11 Å². The molecule has 0 radical (unpaired) electrons. The number of fused-ring (bicyclic) bond motifs is 2. The maximum Gasteiger partial charge on any atom is 0.184 e. The van der Waals surface area contributed by atoms with E-state index in [0.29, 0.717) is 18.4 Å². The third-order valence-electron chi connectivity index (χ3n) is 9.22. The fraction of sp³-hybridized carbons (Fsp3) is 0.286. The monoisotopic (exact) mass is 518 g/mol. The fourth-order valence-electron chi connectivity index (χ4n) is 6.99. The van der Waals surface area contributed by atoms with Gasteiger partial charge in [-0.1, -0.05) is 111 Å². The molecule has 5 rings (SSSR count). The van der Waals surface area contributed by atoms with Crippen LogP contribution in [0.2, 0.25) is 0 Å². The molecule has 1 N–H and O–H groups in total. The van der Waals surface area contributed by atoms with Gasteiger partial charge in [0.1, 0.15) is 16.7 Å². The van der Waals surface area contributed by atoms with Crippen LogP contribution in [0, 0.1) is 22.2 Å². The molecule has 0 aromatic heterocycles. The Kier molecular flexibility index (Phi) is 6.76. The van der Waals surface area contributed by atoms with Crippen molar-refractivity contribution in [2.24, 2.45) is 22.2 Å². The average molecular weight is 519 g/mol. The van der Waals surface area contributed by atoms with Gasteiger partial charge in [0, 0.05) is 5.56 Å². The minimum Gasteiger partial charge on any atom is -0.506 e. The van der Waals surface area contributed by atoms with Gasteiger partial charge in [-0.15, -0.1) is 6.58 Å². The smallest absolute Gasteiger partial charge is 0.184 e. The third-order valence-corrected chi connectivity index (χ3v) is 9.22. The molecule has 2 aliphatic rings. The quantitative estimate of drug-likeness (QED) is 0.123. The lowest BCUT2D eigenvalue weighted by atomic mass is 9.38. The van der Waals surface area contributed by atoms with Crippen molar-refractivity contribution in [2.75, 3.05) is 0 Å². The van der Waals surface area contributed by atoms with Crippen LogP contribution in [-0.2, 0) is 27.2 Å². The highest BCUT2D eigenvalue weighted by atomic mass is 16.3. The number of Topliss-reactive ketones (excluding diaryl/α,β-unsaturated/α-hetero) is 3. The molecule has 0 aliphatic heterocycles. The Labute approximate surface area is 230 Å². The maximum atomic E-state index is 14.8. The fourth-order valence-corrected chi connectivity index (χ4v) is 6.99. The Hall–Kier alpha value is -4.05. The van der Waals surface area contributed by atoms with Crippen molar-refractivity contribution in [3.05, 3.63) is 126 Å². The summed E-state index contributed by atoms with van der Waals surface area (Å²) < 4.78 is 0. The number of aliphatic hydroxyl groups excluding tert-OH is 1. The standard InChI is InChI=1S/C35H34O4/c1-4-20-35-31(38)28(29(36)26-18-12-7-13-19-26)30(37)34(32(35)39,22-25-16-10-6-11-17-25)23-27(33(35,2)3)21-24-14-8-5-9-15-24/h4-19,27,36H,1,20-23H2,2-3H3/b29-28-/t27-,34+,35-/m0/s1. The van der Waals surface area contributed by atoms with Crippen LogP contribution in [0.5, 0.6) is 0 Å². The SMILES string of the molecule is C=CC[C@@]12C(=O)/C(=C(\O)c3ccccc3)C(=O)[C@@](Cc3ccccc3)(C[C@H](Cc3ccccc3)C1(C)C)C2=O. The number of allylic oxidation sites excluding steroid dienone is 2. The molecule has 0 spiro atoms. The Bertz CT molecular complexity index is 1450. The van der Waals surface area contributed by atoms with Crippen molar-refractivity contribution in [2.45, 2.75) is 39.5 Å². The molecule has 2 bridgehead atoms. The number of hydrogen-bond acceptors (Lipinski definition) is 4. The minimum atomic E-state index is -1.53. The lowest BCUT2D eigenvalue weighted by molar-refractivity contribution is -0.176. The summed E-state index contributed by atoms with van der Waals surface area (Å²) in [5.41, 5.74) is -1.77. The first-order valence-corrected chi connectivity index (χ1v) is 13.5. The van der Waals surface area contributed by atoms with Gasteiger partial charge in [0.05, 0.1) is 5.41 Å². The van der Waals surface area contributed by atoms with Gasteiger partial charge in [-0.2, -0.15) is 0 Å². The van der Waals surface area contributed by atoms with E-state index in [9.17, 15) is 19.5 Å². The lowest BCUT2D eigenvalue weighted by Crippen LogP contribution is -2.70. The van der Waals surface area contributed by atoms with Crippen molar-refractivity contribution in [1.82, 2.24) is 0 Å². The number of carbonyl (C=O) groups is 3. The van der Waals surface area contributed by atoms with E-state index in [1.165, 1.54) is 0 Å². The number of rotatable bonds is 7. The minimum absolute atomic E-state index is 0.0956. The van der Waals surface area contributed by atoms with Gasteiger partial charge in [0.2, 0.25) is 0 Å². The van der Waals surface area contributed by atoms with Crippen molar-refractivity contribution >= 4 is 23.1 Å². The van der Waals surface area contributed by atoms with Crippen LogP contribution in [0.1, 0.15) is 43.4 Å². The molecule has 3 aromatic carbocycles. The number of ketones is 3. The first-order chi connectivity index (χ1) is 18.7. The summed E-state index contributed by atoms with van der Waals surface area (Å²) in [6, 6.07) is 28.1. The van der Waals surface area contributed by atoms with Crippen LogP contribution in [0.15, 0.2) is 109 Å². The van der Waals surface area contributed by atoms with Gasteiger partial charge in [-0.3, -0.25) is 14.4 Å². The molecule has 198 valence electrons. The van der Waals surface area contributed by atoms with Crippen LogP contribution in [0.4, 0.5) is 0 Å². The molecule has 0 saturated heterocycles. The Balaban J connectivity index is 1.78. The van der Waals surface area contributed by atoms with Gasteiger partial charge in [-0.25, -0.2) is 0 Å². The van der Waals surface area contributed by atoms with Gasteiger partial charge in [0.25, 0.3) is 0 Å². The predicted octanol–water partition coefficient (Wildman–Crippen LogP) is 6.76. The van der Waals surface area contributed by atoms with E-state index in [-0.39, 0.29) is 35.9 Å². The number of carbonyl (C=O) groups excluding carboxylic acids is 3. The second-order valence-electron chi connectivity index (χ2n) is 11.5. The molecule has 4 nitrogen and oxygen atoms in total. The van der Waals surface area contributed by atoms with Crippen molar-refractivity contribution in [3.8, 4) is 0 Å². The summed E-state index contributed by atoms with van der Waals surface area (Å²) in [5, 5.41) is 11.5. The van der Waals surface area contributed by atoms with E-state index in [1.54, 1.807) is 36.4 Å². The summed E-state index contributed by atoms with van der Waals surface area (Å²) in [7, 11) is 0. The molecule has 0 amide bonds. The second-order valence-corrected chi connectivity index (χ2v) is 11.5. The van der Waals surface area contributed by atoms with Crippen LogP contribution < -0.4 is 0 Å². The van der Waals surface area contributed by atoms with Crippen molar-refractivity contribution < 1.29 is 19.5 Å². The summed E-state index contributed by atoms with van der Waals surface area (Å²) in [6.45, 7) is 7.87. The zero-order valence-corrected chi connectivity index (χ0v) is 22.5. The summed E-state index contributed by atoms with van der Waals surface area (Å²) in [6.07, 6.45) is 2.80. The molecule has 0 unspecified atom stereocenters. The van der Waals surface area contributed by atoms with E-state index in [0.717, 1.165) is 11.1 Å². The van der Waals surface area contributed by atoms with Crippen LogP contribution >= 0.6 is 0 Å². The van der Waals surface area contributed by atoms with E-state index >= 15 is 0 Å². The van der Waals surface area contributed by atoms with E-state index in [2.05, 4.69) is 6.58 Å². The zero-order chi connectivity index (χ0) is 27.8. The summed E-state index contributed by atoms with van der Waals surface area (Å²) in [4.78, 5) is 43.9. The van der Waals surface area contributed by atoms with Gasteiger partial charge >= 0.3 is 0 Å². The van der Waals surface area contributed by atoms with Crippen molar-refractivity contribution in [1.29, 1.82) is 0 Å². The average Bonchev–Trinajstić information content (AvgIpc) is 2.94. The van der Waals surface area contributed by atoms with E-state index in [1.807, 2.05) is 74.5 Å². The number of aliphatic hydroxyl groups is 1. The van der Waals surface area contributed by atoms with Gasteiger partial charge in [0.15, 0.2) is 17.3 Å². The first kappa shape index (κ1) is 26.6. The predicted molar refractivity (Wildman–Crippen MR) is 153 cm³/mol. The molecular formula is C35H34O4. The van der Waals surface area contributed by atoms with Crippen LogP contribution in [-0.4, -0.2) is 22.5 Å². The maximum absolute atomic E-state index is 14.8. The number of hydrogen-bond donors (Lipinski definition) is 1. The van der Waals surface area contributed by atoms with E-state index < -0.39 is 27.8 Å². The van der Waals surface area contributed by atoms with Crippen molar-refractivity contribution in [3.63, 3.8) is 0 Å². The topological polar surface area (TPSA) is 71.4 Å². The van der Waals surface area contributed by atoms with Gasteiger partial charge in [-0.05, 0) is 48.1 Å². The molecule has 2 fully saturated rings. The van der Waals surface area contributed by atoms with E-state index in [4.69, 9.17) is 0 Å². The Morgan fingerprint density at radius 2 is 1.38 bits per heavy atom. The van der Waals surface area contributed by atoms with Crippen LogP contribution in [0.25, 0.3) is 5.76 Å². The largest absolute Gasteiger partial charge is 0.506 e. The highest BCUT2D eigenvalue weighted by molar-refractivity contribution is 6.41. The summed E-state index contributed by atoms with van der Waals surface area (Å²) in [5.74, 6) is -2.01. The highest BCUT2D eigenvalue weighted by Gasteiger charge is 2.73.